The molecule has 0 amide bonds. The summed E-state index contributed by atoms with van der Waals surface area (Å²) in [6, 6.07) is 0.416. The monoisotopic (exact) mass is 555 g/mol. The van der Waals surface area contributed by atoms with Crippen LogP contribution in [0.25, 0.3) is 0 Å². The van der Waals surface area contributed by atoms with Gasteiger partial charge in [0.25, 0.3) is 0 Å². The molecule has 9 heteroatoms. The van der Waals surface area contributed by atoms with Gasteiger partial charge in [0.05, 0.1) is 13.1 Å². The highest BCUT2D eigenvalue weighted by atomic mass is 16.6. The minimum absolute atomic E-state index is 0.124. The van der Waals surface area contributed by atoms with E-state index in [2.05, 4.69) is 49.3 Å². The van der Waals surface area contributed by atoms with Gasteiger partial charge in [0.1, 0.15) is 11.2 Å². The molecule has 0 spiro atoms. The summed E-state index contributed by atoms with van der Waals surface area (Å²) in [5.41, 5.74) is -1.25. The van der Waals surface area contributed by atoms with E-state index in [9.17, 15) is 9.59 Å². The molecular weight excluding hydrogens is 498 g/mol. The van der Waals surface area contributed by atoms with E-state index in [1.807, 2.05) is 48.6 Å². The summed E-state index contributed by atoms with van der Waals surface area (Å²) in [5.74, 6) is -0.431. The van der Waals surface area contributed by atoms with Crippen LogP contribution in [0.1, 0.15) is 102 Å². The van der Waals surface area contributed by atoms with E-state index >= 15 is 0 Å². The van der Waals surface area contributed by atoms with E-state index in [4.69, 9.17) is 19.1 Å². The Balaban J connectivity index is 0.00000458. The zero-order valence-electron chi connectivity index (χ0n) is 26.9. The molecule has 0 aromatic heterocycles. The zero-order chi connectivity index (χ0) is 30.7. The summed E-state index contributed by atoms with van der Waals surface area (Å²) in [5, 5.41) is 0. The summed E-state index contributed by atoms with van der Waals surface area (Å²) in [4.78, 5) is 48.7. The van der Waals surface area contributed by atoms with Crippen molar-refractivity contribution in [2.75, 3.05) is 46.3 Å². The van der Waals surface area contributed by atoms with Crippen LogP contribution < -0.4 is 0 Å². The lowest BCUT2D eigenvalue weighted by Crippen LogP contribution is -2.59. The van der Waals surface area contributed by atoms with Crippen LogP contribution in [0.2, 0.25) is 0 Å². The number of likely N-dealkylation sites (N-methyl/N-ethyl adjacent to an activating group) is 1. The highest BCUT2D eigenvalue weighted by molar-refractivity contribution is 5.72. The molecule has 228 valence electrons. The highest BCUT2D eigenvalue weighted by Crippen LogP contribution is 2.32. The first-order valence-electron chi connectivity index (χ1n) is 14.3. The van der Waals surface area contributed by atoms with Crippen molar-refractivity contribution in [3.63, 3.8) is 0 Å². The van der Waals surface area contributed by atoms with E-state index in [0.717, 1.165) is 26.1 Å². The van der Waals surface area contributed by atoms with E-state index in [-0.39, 0.29) is 42.1 Å². The average Bonchev–Trinajstić information content (AvgIpc) is 2.87. The van der Waals surface area contributed by atoms with Gasteiger partial charge in [-0.1, -0.05) is 47.0 Å². The molecule has 0 saturated carbocycles. The maximum atomic E-state index is 12.7. The summed E-state index contributed by atoms with van der Waals surface area (Å²) < 4.78 is 11.3. The SMILES string of the molecule is CCCCCC(N1CCN(CC(=O)OC(C)(C)C)CC(C)(N(C)CC(=O)OC(C)(C)C)C1)C(C)(C)C.O=C=O. The molecule has 2 unspecified atom stereocenters. The van der Waals surface area contributed by atoms with Crippen molar-refractivity contribution >= 4 is 18.1 Å². The van der Waals surface area contributed by atoms with Gasteiger partial charge in [0, 0.05) is 37.8 Å². The van der Waals surface area contributed by atoms with Crippen molar-refractivity contribution in [1.82, 2.24) is 14.7 Å². The lowest BCUT2D eigenvalue weighted by molar-refractivity contribution is -0.191. The molecule has 1 rings (SSSR count). The van der Waals surface area contributed by atoms with Crippen molar-refractivity contribution in [2.24, 2.45) is 5.41 Å². The number of hydrogen-bond donors (Lipinski definition) is 0. The second kappa shape index (κ2) is 15.8. The summed E-state index contributed by atoms with van der Waals surface area (Å²) in [6.45, 7) is 26.5. The van der Waals surface area contributed by atoms with Crippen molar-refractivity contribution in [1.29, 1.82) is 0 Å². The van der Waals surface area contributed by atoms with Gasteiger partial charge in [-0.25, -0.2) is 0 Å². The largest absolute Gasteiger partial charge is 0.459 e. The second-order valence-corrected chi connectivity index (χ2v) is 14.2. The van der Waals surface area contributed by atoms with Gasteiger partial charge in [-0.15, -0.1) is 0 Å². The number of esters is 2. The number of unbranched alkanes of at least 4 members (excludes halogenated alkanes) is 2. The average molecular weight is 556 g/mol. The van der Waals surface area contributed by atoms with Crippen LogP contribution in [0.15, 0.2) is 0 Å². The van der Waals surface area contributed by atoms with Crippen molar-refractivity contribution in [3.05, 3.63) is 0 Å². The highest BCUT2D eigenvalue weighted by Gasteiger charge is 2.42. The van der Waals surface area contributed by atoms with Crippen molar-refractivity contribution in [2.45, 2.75) is 125 Å². The van der Waals surface area contributed by atoms with E-state index < -0.39 is 11.2 Å². The normalized spacial score (nSPS) is 20.3. The minimum Gasteiger partial charge on any atom is -0.459 e. The molecule has 1 aliphatic rings. The predicted molar refractivity (Wildman–Crippen MR) is 153 cm³/mol. The summed E-state index contributed by atoms with van der Waals surface area (Å²) in [6.07, 6.45) is 5.05. The Morgan fingerprint density at radius 1 is 0.897 bits per heavy atom. The third kappa shape index (κ3) is 15.5. The lowest BCUT2D eigenvalue weighted by atomic mass is 9.81. The van der Waals surface area contributed by atoms with Gasteiger partial charge in [0.15, 0.2) is 0 Å². The molecule has 0 aromatic carbocycles. The topological polar surface area (TPSA) is 96.5 Å². The van der Waals surface area contributed by atoms with Gasteiger partial charge in [-0.2, -0.15) is 9.59 Å². The fourth-order valence-corrected chi connectivity index (χ4v) is 5.11. The molecule has 0 bridgehead atoms. The van der Waals surface area contributed by atoms with Crippen LogP contribution in [0.5, 0.6) is 0 Å². The molecule has 0 aromatic rings. The Hall–Kier alpha value is -1.80. The fourth-order valence-electron chi connectivity index (χ4n) is 5.11. The van der Waals surface area contributed by atoms with Crippen LogP contribution in [0.4, 0.5) is 0 Å². The van der Waals surface area contributed by atoms with Gasteiger partial charge in [-0.05, 0) is 67.3 Å². The van der Waals surface area contributed by atoms with Gasteiger partial charge in [-0.3, -0.25) is 24.3 Å². The standard InChI is InChI=1S/C29H57N3O4.CO2/c1-13-14-15-16-23(26(2,3)4)32-18-17-31(20-25(34)36-28(8,9)10)21-29(11,22-32)30(12)19-24(33)35-27(5,6)7;2-1-3/h23H,13-22H2,1-12H3;. The fraction of sp³-hybridized carbons (Fsp3) is 0.900. The Morgan fingerprint density at radius 2 is 1.41 bits per heavy atom. The smallest absolute Gasteiger partial charge is 0.373 e. The number of carbonyl (C=O) groups is 2. The van der Waals surface area contributed by atoms with E-state index in [0.29, 0.717) is 12.6 Å². The first-order valence-corrected chi connectivity index (χ1v) is 14.3. The molecule has 0 N–H and O–H groups in total. The molecule has 1 saturated heterocycles. The number of nitrogens with zero attached hydrogens (tertiary/aromatic N) is 3. The third-order valence-corrected chi connectivity index (χ3v) is 6.81. The van der Waals surface area contributed by atoms with Crippen molar-refractivity contribution < 1.29 is 28.7 Å². The molecule has 39 heavy (non-hydrogen) atoms. The first kappa shape index (κ1) is 37.2. The van der Waals surface area contributed by atoms with Crippen molar-refractivity contribution in [3.8, 4) is 0 Å². The Kier molecular flexibility index (Phi) is 15.1. The number of rotatable bonds is 10. The first-order chi connectivity index (χ1) is 17.7. The third-order valence-electron chi connectivity index (χ3n) is 6.81. The van der Waals surface area contributed by atoms with Crippen LogP contribution in [0, 0.1) is 5.41 Å². The molecule has 1 fully saturated rings. The molecular formula is C30H57N3O6. The van der Waals surface area contributed by atoms with Gasteiger partial charge in [0.2, 0.25) is 0 Å². The van der Waals surface area contributed by atoms with Crippen LogP contribution >= 0.6 is 0 Å². The molecule has 1 heterocycles. The quantitative estimate of drug-likeness (QED) is 0.287. The molecule has 1 aliphatic heterocycles. The Morgan fingerprint density at radius 3 is 1.87 bits per heavy atom. The zero-order valence-corrected chi connectivity index (χ0v) is 26.9. The summed E-state index contributed by atoms with van der Waals surface area (Å²) in [7, 11) is 2.00. The Labute approximate surface area is 237 Å². The number of hydrogen-bond acceptors (Lipinski definition) is 9. The molecule has 2 atom stereocenters. The second-order valence-electron chi connectivity index (χ2n) is 14.2. The van der Waals surface area contributed by atoms with Crippen LogP contribution in [-0.4, -0.2) is 102 Å². The number of ether oxygens (including phenoxy) is 2. The maximum Gasteiger partial charge on any atom is 0.373 e. The lowest BCUT2D eigenvalue weighted by Gasteiger charge is -2.46. The molecule has 0 aliphatic carbocycles. The Bertz CT molecular complexity index is 790. The number of carbonyl (C=O) groups excluding carboxylic acids is 4. The predicted octanol–water partition coefficient (Wildman–Crippen LogP) is 4.39. The van der Waals surface area contributed by atoms with E-state index in [1.165, 1.54) is 19.3 Å². The van der Waals surface area contributed by atoms with Gasteiger partial charge >= 0.3 is 18.1 Å². The molecule has 0 radical (unpaired) electrons. The van der Waals surface area contributed by atoms with Crippen LogP contribution in [-0.2, 0) is 28.7 Å². The van der Waals surface area contributed by atoms with E-state index in [1.54, 1.807) is 0 Å². The van der Waals surface area contributed by atoms with Crippen LogP contribution in [0.3, 0.4) is 0 Å². The van der Waals surface area contributed by atoms with Gasteiger partial charge < -0.3 is 9.47 Å². The summed E-state index contributed by atoms with van der Waals surface area (Å²) >= 11 is 0. The maximum absolute atomic E-state index is 12.7. The minimum atomic E-state index is -0.520. The molecule has 9 nitrogen and oxygen atoms in total.